The SMILES string of the molecule is Cc1c(C(=O)O)cccc1-c1[nH]c(CCN(C)C)nc1-c1ccncc1. The molecule has 3 aromatic rings. The minimum Gasteiger partial charge on any atom is -0.478 e. The van der Waals surface area contributed by atoms with Crippen molar-refractivity contribution in [2.75, 3.05) is 20.6 Å². The summed E-state index contributed by atoms with van der Waals surface area (Å²) in [6.45, 7) is 2.70. The van der Waals surface area contributed by atoms with Crippen LogP contribution in [-0.4, -0.2) is 51.6 Å². The van der Waals surface area contributed by atoms with E-state index in [9.17, 15) is 9.90 Å². The molecule has 0 spiro atoms. The van der Waals surface area contributed by atoms with E-state index in [0.29, 0.717) is 5.56 Å². The van der Waals surface area contributed by atoms with Gasteiger partial charge in [0.15, 0.2) is 0 Å². The van der Waals surface area contributed by atoms with Crippen molar-refractivity contribution in [3.8, 4) is 22.5 Å². The van der Waals surface area contributed by atoms with Gasteiger partial charge in [-0.3, -0.25) is 4.98 Å². The number of H-pyrrole nitrogens is 1. The molecule has 2 N–H and O–H groups in total. The molecule has 3 rings (SSSR count). The molecule has 0 amide bonds. The first-order valence-corrected chi connectivity index (χ1v) is 8.44. The Morgan fingerprint density at radius 2 is 1.92 bits per heavy atom. The number of carboxylic acids is 1. The predicted octanol–water partition coefficient (Wildman–Crippen LogP) is 3.25. The second-order valence-electron chi connectivity index (χ2n) is 6.48. The lowest BCUT2D eigenvalue weighted by Crippen LogP contribution is -2.15. The highest BCUT2D eigenvalue weighted by Crippen LogP contribution is 2.33. The first-order chi connectivity index (χ1) is 12.5. The average molecular weight is 350 g/mol. The molecule has 0 aliphatic rings. The summed E-state index contributed by atoms with van der Waals surface area (Å²) in [6.07, 6.45) is 4.24. The van der Waals surface area contributed by atoms with E-state index in [1.807, 2.05) is 39.2 Å². The van der Waals surface area contributed by atoms with Crippen LogP contribution in [0.3, 0.4) is 0 Å². The van der Waals surface area contributed by atoms with Gasteiger partial charge in [-0.1, -0.05) is 12.1 Å². The summed E-state index contributed by atoms with van der Waals surface area (Å²) in [4.78, 5) is 25.9. The fourth-order valence-corrected chi connectivity index (χ4v) is 2.92. The Morgan fingerprint density at radius 1 is 1.19 bits per heavy atom. The lowest BCUT2D eigenvalue weighted by Gasteiger charge is -2.09. The average Bonchev–Trinajstić information content (AvgIpc) is 3.04. The Balaban J connectivity index is 2.14. The topological polar surface area (TPSA) is 82.1 Å². The van der Waals surface area contributed by atoms with Crippen LogP contribution < -0.4 is 0 Å². The van der Waals surface area contributed by atoms with E-state index in [4.69, 9.17) is 4.98 Å². The Labute approximate surface area is 152 Å². The summed E-state index contributed by atoms with van der Waals surface area (Å²) < 4.78 is 0. The van der Waals surface area contributed by atoms with E-state index < -0.39 is 5.97 Å². The second kappa shape index (κ2) is 7.49. The number of carboxylic acid groups (broad SMARTS) is 1. The van der Waals surface area contributed by atoms with Crippen molar-refractivity contribution in [3.63, 3.8) is 0 Å². The third-order valence-corrected chi connectivity index (χ3v) is 4.34. The maximum atomic E-state index is 11.5. The maximum Gasteiger partial charge on any atom is 0.335 e. The number of aromatic carboxylic acids is 1. The molecule has 0 aliphatic carbocycles. The molecule has 0 bridgehead atoms. The van der Waals surface area contributed by atoms with Gasteiger partial charge >= 0.3 is 5.97 Å². The first-order valence-electron chi connectivity index (χ1n) is 8.44. The number of likely N-dealkylation sites (N-methyl/N-ethyl adjacent to an activating group) is 1. The van der Waals surface area contributed by atoms with Gasteiger partial charge < -0.3 is 15.0 Å². The summed E-state index contributed by atoms with van der Waals surface area (Å²) >= 11 is 0. The third kappa shape index (κ3) is 3.65. The highest BCUT2D eigenvalue weighted by molar-refractivity contribution is 5.93. The summed E-state index contributed by atoms with van der Waals surface area (Å²) in [5, 5.41) is 9.43. The molecular formula is C20H22N4O2. The van der Waals surface area contributed by atoms with E-state index >= 15 is 0 Å². The molecule has 0 radical (unpaired) electrons. The number of aromatic amines is 1. The predicted molar refractivity (Wildman–Crippen MR) is 101 cm³/mol. The van der Waals surface area contributed by atoms with Gasteiger partial charge in [-0.25, -0.2) is 9.78 Å². The number of nitrogens with one attached hydrogen (secondary N) is 1. The van der Waals surface area contributed by atoms with Gasteiger partial charge in [0.25, 0.3) is 0 Å². The van der Waals surface area contributed by atoms with Gasteiger partial charge in [0.1, 0.15) is 5.82 Å². The standard InChI is InChI=1S/C20H22N4O2/c1-13-15(5-4-6-16(13)20(25)26)19-18(14-7-10-21-11-8-14)22-17(23-19)9-12-24(2)3/h4-8,10-11H,9,12H2,1-3H3,(H,22,23)(H,25,26). The smallest absolute Gasteiger partial charge is 0.335 e. The lowest BCUT2D eigenvalue weighted by molar-refractivity contribution is 0.0696. The normalized spacial score (nSPS) is 11.1. The third-order valence-electron chi connectivity index (χ3n) is 4.34. The minimum atomic E-state index is -0.929. The molecule has 134 valence electrons. The van der Waals surface area contributed by atoms with E-state index in [1.165, 1.54) is 0 Å². The van der Waals surface area contributed by atoms with Gasteiger partial charge in [-0.2, -0.15) is 0 Å². The van der Waals surface area contributed by atoms with Crippen LogP contribution in [0.15, 0.2) is 42.7 Å². The molecule has 0 unspecified atom stereocenters. The first kappa shape index (κ1) is 17.8. The molecular weight excluding hydrogens is 328 g/mol. The van der Waals surface area contributed by atoms with Gasteiger partial charge in [0.05, 0.1) is 17.0 Å². The van der Waals surface area contributed by atoms with Crippen LogP contribution in [0.25, 0.3) is 22.5 Å². The zero-order valence-corrected chi connectivity index (χ0v) is 15.2. The van der Waals surface area contributed by atoms with E-state index in [-0.39, 0.29) is 0 Å². The lowest BCUT2D eigenvalue weighted by atomic mass is 9.97. The summed E-state index contributed by atoms with van der Waals surface area (Å²) in [5.74, 6) is -0.0530. The highest BCUT2D eigenvalue weighted by Gasteiger charge is 2.18. The number of carbonyl (C=O) groups is 1. The highest BCUT2D eigenvalue weighted by atomic mass is 16.4. The van der Waals surface area contributed by atoms with E-state index in [1.54, 1.807) is 24.5 Å². The zero-order valence-electron chi connectivity index (χ0n) is 15.2. The molecule has 6 nitrogen and oxygen atoms in total. The minimum absolute atomic E-state index is 0.299. The largest absolute Gasteiger partial charge is 0.478 e. The van der Waals surface area contributed by atoms with Crippen molar-refractivity contribution in [2.45, 2.75) is 13.3 Å². The van der Waals surface area contributed by atoms with Crippen LogP contribution in [-0.2, 0) is 6.42 Å². The fraction of sp³-hybridized carbons (Fsp3) is 0.250. The number of hydrogen-bond acceptors (Lipinski definition) is 4. The van der Waals surface area contributed by atoms with Crippen molar-refractivity contribution < 1.29 is 9.90 Å². The molecule has 0 aliphatic heterocycles. The van der Waals surface area contributed by atoms with Gasteiger partial charge in [0.2, 0.25) is 0 Å². The Bertz CT molecular complexity index is 917. The monoisotopic (exact) mass is 350 g/mol. The number of pyridine rings is 1. The van der Waals surface area contributed by atoms with Crippen LogP contribution in [0.5, 0.6) is 0 Å². The van der Waals surface area contributed by atoms with Gasteiger partial charge in [-0.05, 0) is 44.8 Å². The molecule has 6 heteroatoms. The fourth-order valence-electron chi connectivity index (χ4n) is 2.92. The van der Waals surface area contributed by atoms with Crippen molar-refractivity contribution >= 4 is 5.97 Å². The second-order valence-corrected chi connectivity index (χ2v) is 6.48. The molecule has 26 heavy (non-hydrogen) atoms. The molecule has 0 fully saturated rings. The zero-order chi connectivity index (χ0) is 18.7. The number of imidazole rings is 1. The number of hydrogen-bond donors (Lipinski definition) is 2. The van der Waals surface area contributed by atoms with Crippen LogP contribution in [0, 0.1) is 6.92 Å². The number of benzene rings is 1. The quantitative estimate of drug-likeness (QED) is 0.713. The maximum absolute atomic E-state index is 11.5. The summed E-state index contributed by atoms with van der Waals surface area (Å²) in [7, 11) is 4.04. The van der Waals surface area contributed by atoms with Crippen LogP contribution in [0.1, 0.15) is 21.7 Å². The molecule has 0 saturated carbocycles. The molecule has 0 saturated heterocycles. The molecule has 0 atom stereocenters. The van der Waals surface area contributed by atoms with Crippen LogP contribution in [0.4, 0.5) is 0 Å². The van der Waals surface area contributed by atoms with E-state index in [2.05, 4.69) is 14.9 Å². The van der Waals surface area contributed by atoms with Crippen molar-refractivity contribution in [2.24, 2.45) is 0 Å². The summed E-state index contributed by atoms with van der Waals surface area (Å²) in [6, 6.07) is 9.13. The summed E-state index contributed by atoms with van der Waals surface area (Å²) in [5.41, 5.74) is 4.46. The van der Waals surface area contributed by atoms with Crippen LogP contribution >= 0.6 is 0 Å². The number of nitrogens with zero attached hydrogens (tertiary/aromatic N) is 3. The number of rotatable bonds is 6. The van der Waals surface area contributed by atoms with Gasteiger partial charge in [-0.15, -0.1) is 0 Å². The van der Waals surface area contributed by atoms with Crippen molar-refractivity contribution in [1.82, 2.24) is 19.9 Å². The van der Waals surface area contributed by atoms with E-state index in [0.717, 1.165) is 46.9 Å². The molecule has 2 aromatic heterocycles. The molecule has 1 aromatic carbocycles. The number of aromatic nitrogens is 3. The van der Waals surface area contributed by atoms with Crippen LogP contribution in [0.2, 0.25) is 0 Å². The Morgan fingerprint density at radius 3 is 2.58 bits per heavy atom. The Hall–Kier alpha value is -2.99. The molecule has 2 heterocycles. The van der Waals surface area contributed by atoms with Gasteiger partial charge in [0, 0.05) is 36.5 Å². The van der Waals surface area contributed by atoms with Crippen molar-refractivity contribution in [3.05, 3.63) is 59.7 Å². The van der Waals surface area contributed by atoms with Crippen molar-refractivity contribution in [1.29, 1.82) is 0 Å². The Kier molecular flexibility index (Phi) is 5.14.